The highest BCUT2D eigenvalue weighted by Crippen LogP contribution is 2.29. The van der Waals surface area contributed by atoms with Crippen LogP contribution in [-0.4, -0.2) is 29.8 Å². The SMILES string of the molecule is CC(C)COC/C(=C\NC=C1CCC1)COc1ncnc(Nc2ccc(C#N)cc2Cl)c1F. The molecule has 1 saturated carbocycles. The number of nitriles is 1. The van der Waals surface area contributed by atoms with Gasteiger partial charge in [0.15, 0.2) is 5.82 Å². The van der Waals surface area contributed by atoms with Crippen molar-refractivity contribution < 1.29 is 13.9 Å². The van der Waals surface area contributed by atoms with E-state index in [1.54, 1.807) is 12.1 Å². The number of nitrogens with one attached hydrogen (secondary N) is 2. The van der Waals surface area contributed by atoms with E-state index in [1.165, 1.54) is 24.4 Å². The molecule has 3 rings (SSSR count). The van der Waals surface area contributed by atoms with E-state index in [4.69, 9.17) is 26.3 Å². The average molecular weight is 472 g/mol. The topological polar surface area (TPSA) is 92.1 Å². The molecule has 1 heterocycles. The zero-order valence-electron chi connectivity index (χ0n) is 18.7. The first kappa shape index (κ1) is 24.5. The molecular formula is C24H27ClFN5O2. The van der Waals surface area contributed by atoms with Crippen molar-refractivity contribution in [2.75, 3.05) is 25.1 Å². The Morgan fingerprint density at radius 1 is 1.30 bits per heavy atom. The minimum Gasteiger partial charge on any atom is -0.471 e. The molecule has 0 aliphatic heterocycles. The monoisotopic (exact) mass is 471 g/mol. The molecule has 0 spiro atoms. The lowest BCUT2D eigenvalue weighted by Gasteiger charge is -2.16. The first-order valence-corrected chi connectivity index (χ1v) is 11.1. The van der Waals surface area contributed by atoms with Gasteiger partial charge in [-0.1, -0.05) is 31.0 Å². The summed E-state index contributed by atoms with van der Waals surface area (Å²) in [6.07, 6.45) is 8.46. The van der Waals surface area contributed by atoms with Crippen LogP contribution in [0, 0.1) is 23.1 Å². The zero-order valence-corrected chi connectivity index (χ0v) is 19.5. The standard InChI is InChI=1S/C24H27ClFN5O2/c1-16(2)12-32-13-19(11-28-10-17-4-3-5-17)14-33-24-22(26)23(29-15-30-24)31-21-7-6-18(9-27)8-20(21)25/h6-8,10-11,15-16,28H,3-5,12-14H2,1-2H3,(H,29,30,31)/b19-11+. The van der Waals surface area contributed by atoms with Crippen molar-refractivity contribution in [3.05, 3.63) is 64.5 Å². The summed E-state index contributed by atoms with van der Waals surface area (Å²) in [5.74, 6) is -0.616. The van der Waals surface area contributed by atoms with Gasteiger partial charge in [0.05, 0.1) is 28.9 Å². The van der Waals surface area contributed by atoms with E-state index in [2.05, 4.69) is 34.4 Å². The van der Waals surface area contributed by atoms with E-state index in [9.17, 15) is 4.39 Å². The van der Waals surface area contributed by atoms with Crippen molar-refractivity contribution in [3.8, 4) is 11.9 Å². The lowest BCUT2D eigenvalue weighted by atomic mass is 9.94. The smallest absolute Gasteiger partial charge is 0.256 e. The van der Waals surface area contributed by atoms with Crippen LogP contribution >= 0.6 is 11.6 Å². The molecular weight excluding hydrogens is 445 g/mol. The first-order valence-electron chi connectivity index (χ1n) is 10.8. The highest BCUT2D eigenvalue weighted by Gasteiger charge is 2.15. The molecule has 9 heteroatoms. The van der Waals surface area contributed by atoms with Gasteiger partial charge < -0.3 is 20.1 Å². The summed E-state index contributed by atoms with van der Waals surface area (Å²) in [4.78, 5) is 7.86. The molecule has 1 aromatic heterocycles. The second-order valence-electron chi connectivity index (χ2n) is 8.10. The summed E-state index contributed by atoms with van der Waals surface area (Å²) >= 11 is 6.17. The predicted molar refractivity (Wildman–Crippen MR) is 126 cm³/mol. The average Bonchev–Trinajstić information content (AvgIpc) is 2.76. The van der Waals surface area contributed by atoms with Gasteiger partial charge in [0.1, 0.15) is 12.9 Å². The number of hydrogen-bond donors (Lipinski definition) is 2. The largest absolute Gasteiger partial charge is 0.471 e. The van der Waals surface area contributed by atoms with Crippen LogP contribution in [0.3, 0.4) is 0 Å². The third-order valence-electron chi connectivity index (χ3n) is 4.81. The normalized spacial score (nSPS) is 13.3. The number of benzene rings is 1. The van der Waals surface area contributed by atoms with Gasteiger partial charge in [-0.2, -0.15) is 14.6 Å². The Labute approximate surface area is 198 Å². The number of rotatable bonds is 11. The highest BCUT2D eigenvalue weighted by molar-refractivity contribution is 6.33. The van der Waals surface area contributed by atoms with Crippen LogP contribution in [-0.2, 0) is 4.74 Å². The third-order valence-corrected chi connectivity index (χ3v) is 5.13. The number of nitrogens with zero attached hydrogens (tertiary/aromatic N) is 3. The Bertz CT molecular complexity index is 1060. The van der Waals surface area contributed by atoms with E-state index in [0.717, 1.165) is 18.4 Å². The molecule has 1 aromatic carbocycles. The number of allylic oxidation sites excluding steroid dienone is 1. The summed E-state index contributed by atoms with van der Waals surface area (Å²) in [7, 11) is 0. The molecule has 0 bridgehead atoms. The van der Waals surface area contributed by atoms with Crippen LogP contribution in [0.5, 0.6) is 5.88 Å². The van der Waals surface area contributed by atoms with Crippen molar-refractivity contribution in [2.45, 2.75) is 33.1 Å². The second kappa shape index (κ2) is 12.2. The third kappa shape index (κ3) is 7.45. The summed E-state index contributed by atoms with van der Waals surface area (Å²) in [6.45, 7) is 5.21. The van der Waals surface area contributed by atoms with Crippen LogP contribution < -0.4 is 15.4 Å². The first-order chi connectivity index (χ1) is 16.0. The molecule has 0 amide bonds. The molecule has 1 aliphatic carbocycles. The quantitative estimate of drug-likeness (QED) is 0.448. The lowest BCUT2D eigenvalue weighted by Crippen LogP contribution is -2.14. The van der Waals surface area contributed by atoms with E-state index in [1.807, 2.05) is 18.5 Å². The van der Waals surface area contributed by atoms with Crippen molar-refractivity contribution in [2.24, 2.45) is 5.92 Å². The van der Waals surface area contributed by atoms with Gasteiger partial charge in [-0.05, 0) is 49.6 Å². The Kier molecular flexibility index (Phi) is 9.04. The van der Waals surface area contributed by atoms with Crippen molar-refractivity contribution >= 4 is 23.1 Å². The molecule has 2 N–H and O–H groups in total. The summed E-state index contributed by atoms with van der Waals surface area (Å²) in [6, 6.07) is 6.64. The fourth-order valence-corrected chi connectivity index (χ4v) is 3.10. The Morgan fingerprint density at radius 2 is 2.12 bits per heavy atom. The molecule has 7 nitrogen and oxygen atoms in total. The van der Waals surface area contributed by atoms with E-state index < -0.39 is 5.82 Å². The molecule has 0 saturated heterocycles. The fraction of sp³-hybridized carbons (Fsp3) is 0.375. The van der Waals surface area contributed by atoms with Gasteiger partial charge >= 0.3 is 0 Å². The van der Waals surface area contributed by atoms with Gasteiger partial charge in [0.25, 0.3) is 5.88 Å². The van der Waals surface area contributed by atoms with E-state index in [-0.39, 0.29) is 23.3 Å². The zero-order chi connectivity index (χ0) is 23.6. The van der Waals surface area contributed by atoms with Crippen LogP contribution in [0.15, 0.2) is 48.1 Å². The van der Waals surface area contributed by atoms with E-state index >= 15 is 0 Å². The Hall–Kier alpha value is -3.15. The summed E-state index contributed by atoms with van der Waals surface area (Å²) in [5.41, 5.74) is 3.00. The Morgan fingerprint density at radius 3 is 2.79 bits per heavy atom. The number of ether oxygens (including phenoxy) is 2. The van der Waals surface area contributed by atoms with Gasteiger partial charge in [-0.15, -0.1) is 0 Å². The van der Waals surface area contributed by atoms with Crippen LogP contribution in [0.2, 0.25) is 5.02 Å². The maximum atomic E-state index is 15.0. The minimum absolute atomic E-state index is 0.0824. The summed E-state index contributed by atoms with van der Waals surface area (Å²) < 4.78 is 26.3. The number of hydrogen-bond acceptors (Lipinski definition) is 7. The van der Waals surface area contributed by atoms with Gasteiger partial charge in [0.2, 0.25) is 5.82 Å². The van der Waals surface area contributed by atoms with Gasteiger partial charge in [-0.25, -0.2) is 4.98 Å². The van der Waals surface area contributed by atoms with Crippen LogP contribution in [0.1, 0.15) is 38.7 Å². The molecule has 0 atom stereocenters. The molecule has 0 radical (unpaired) electrons. The number of aromatic nitrogens is 2. The van der Waals surface area contributed by atoms with Crippen molar-refractivity contribution in [3.63, 3.8) is 0 Å². The maximum Gasteiger partial charge on any atom is 0.256 e. The molecule has 1 fully saturated rings. The molecule has 33 heavy (non-hydrogen) atoms. The van der Waals surface area contributed by atoms with Crippen LogP contribution in [0.4, 0.5) is 15.9 Å². The van der Waals surface area contributed by atoms with Crippen molar-refractivity contribution in [1.82, 2.24) is 15.3 Å². The second-order valence-corrected chi connectivity index (χ2v) is 8.50. The highest BCUT2D eigenvalue weighted by atomic mass is 35.5. The summed E-state index contributed by atoms with van der Waals surface area (Å²) in [5, 5.41) is 15.2. The number of anilines is 2. The molecule has 2 aromatic rings. The maximum absolute atomic E-state index is 15.0. The minimum atomic E-state index is -0.745. The molecule has 174 valence electrons. The molecule has 0 unspecified atom stereocenters. The number of halogens is 2. The van der Waals surface area contributed by atoms with Gasteiger partial charge in [-0.3, -0.25) is 0 Å². The van der Waals surface area contributed by atoms with Gasteiger partial charge in [0, 0.05) is 18.4 Å². The molecule has 1 aliphatic rings. The van der Waals surface area contributed by atoms with E-state index in [0.29, 0.717) is 30.4 Å². The fourth-order valence-electron chi connectivity index (χ4n) is 2.87. The van der Waals surface area contributed by atoms with Crippen molar-refractivity contribution in [1.29, 1.82) is 5.26 Å². The predicted octanol–water partition coefficient (Wildman–Crippen LogP) is 5.48. The lowest BCUT2D eigenvalue weighted by molar-refractivity contribution is 0.122. The Balaban J connectivity index is 1.67. The van der Waals surface area contributed by atoms with Crippen LogP contribution in [0.25, 0.3) is 0 Å².